The van der Waals surface area contributed by atoms with E-state index in [1.807, 2.05) is 25.1 Å². The van der Waals surface area contributed by atoms with Gasteiger partial charge in [0.25, 0.3) is 5.91 Å². The van der Waals surface area contributed by atoms with Gasteiger partial charge in [0.15, 0.2) is 0 Å². The molecule has 0 spiro atoms. The molecule has 0 aliphatic carbocycles. The van der Waals surface area contributed by atoms with Crippen LogP contribution < -0.4 is 5.32 Å². The van der Waals surface area contributed by atoms with E-state index in [0.29, 0.717) is 24.9 Å². The fourth-order valence-electron chi connectivity index (χ4n) is 2.33. The van der Waals surface area contributed by atoms with E-state index in [4.69, 9.17) is 0 Å². The SMILES string of the molecule is CCc1nn(C)cc1C(=O)NCC(CO)Cc1ccccn1. The number of nitrogens with one attached hydrogen (secondary N) is 1. The molecule has 2 N–H and O–H groups in total. The highest BCUT2D eigenvalue weighted by Gasteiger charge is 2.16. The summed E-state index contributed by atoms with van der Waals surface area (Å²) >= 11 is 0. The molecule has 2 heterocycles. The number of pyridine rings is 1. The number of carbonyl (C=O) groups excluding carboxylic acids is 1. The number of aliphatic hydroxyl groups excluding tert-OH is 1. The molecule has 0 radical (unpaired) electrons. The first-order valence-corrected chi connectivity index (χ1v) is 7.45. The molecule has 6 nitrogen and oxygen atoms in total. The average molecular weight is 302 g/mol. The zero-order valence-corrected chi connectivity index (χ0v) is 13.0. The van der Waals surface area contributed by atoms with Crippen LogP contribution in [0.1, 0.15) is 28.7 Å². The first-order valence-electron chi connectivity index (χ1n) is 7.45. The molecule has 1 atom stereocenters. The third-order valence-electron chi connectivity index (χ3n) is 3.52. The molecule has 1 unspecified atom stereocenters. The Labute approximate surface area is 130 Å². The molecule has 6 heteroatoms. The Bertz CT molecular complexity index is 610. The largest absolute Gasteiger partial charge is 0.396 e. The van der Waals surface area contributed by atoms with E-state index in [0.717, 1.165) is 11.4 Å². The molecule has 2 aromatic heterocycles. The topological polar surface area (TPSA) is 80.0 Å². The highest BCUT2D eigenvalue weighted by atomic mass is 16.3. The van der Waals surface area contributed by atoms with Gasteiger partial charge in [0, 0.05) is 44.2 Å². The van der Waals surface area contributed by atoms with Gasteiger partial charge in [0.2, 0.25) is 0 Å². The molecule has 0 aliphatic heterocycles. The van der Waals surface area contributed by atoms with Gasteiger partial charge in [-0.3, -0.25) is 14.5 Å². The first-order chi connectivity index (χ1) is 10.6. The van der Waals surface area contributed by atoms with Crippen LogP contribution in [0.15, 0.2) is 30.6 Å². The predicted octanol–water partition coefficient (Wildman–Crippen LogP) is 0.958. The first kappa shape index (κ1) is 16.2. The van der Waals surface area contributed by atoms with Crippen LogP contribution in [0.5, 0.6) is 0 Å². The third kappa shape index (κ3) is 4.14. The molecular formula is C16H22N4O2. The lowest BCUT2D eigenvalue weighted by molar-refractivity contribution is 0.0939. The summed E-state index contributed by atoms with van der Waals surface area (Å²) in [5.41, 5.74) is 2.29. The highest BCUT2D eigenvalue weighted by Crippen LogP contribution is 2.09. The van der Waals surface area contributed by atoms with Crippen LogP contribution in [0.3, 0.4) is 0 Å². The lowest BCUT2D eigenvalue weighted by Gasteiger charge is -2.14. The summed E-state index contributed by atoms with van der Waals surface area (Å²) in [7, 11) is 1.80. The van der Waals surface area contributed by atoms with E-state index in [-0.39, 0.29) is 18.4 Å². The van der Waals surface area contributed by atoms with Crippen LogP contribution >= 0.6 is 0 Å². The number of aliphatic hydroxyl groups is 1. The van der Waals surface area contributed by atoms with E-state index >= 15 is 0 Å². The standard InChI is InChI=1S/C16H22N4O2/c1-3-15-14(10-20(2)19-15)16(22)18-9-12(11-21)8-13-6-4-5-7-17-13/h4-7,10,12,21H,3,8-9,11H2,1-2H3,(H,18,22). The lowest BCUT2D eigenvalue weighted by atomic mass is 10.0. The summed E-state index contributed by atoms with van der Waals surface area (Å²) in [5.74, 6) is -0.204. The molecule has 22 heavy (non-hydrogen) atoms. The van der Waals surface area contributed by atoms with Crippen molar-refractivity contribution in [2.75, 3.05) is 13.2 Å². The predicted molar refractivity (Wildman–Crippen MR) is 83.4 cm³/mol. The van der Waals surface area contributed by atoms with Gasteiger partial charge in [0.1, 0.15) is 0 Å². The van der Waals surface area contributed by atoms with Crippen molar-refractivity contribution in [2.45, 2.75) is 19.8 Å². The number of hydrogen-bond donors (Lipinski definition) is 2. The van der Waals surface area contributed by atoms with Gasteiger partial charge in [-0.2, -0.15) is 5.10 Å². The van der Waals surface area contributed by atoms with E-state index in [1.54, 1.807) is 24.1 Å². The second-order valence-corrected chi connectivity index (χ2v) is 5.30. The van der Waals surface area contributed by atoms with Crippen LogP contribution in [0.4, 0.5) is 0 Å². The highest BCUT2D eigenvalue weighted by molar-refractivity contribution is 5.95. The summed E-state index contributed by atoms with van der Waals surface area (Å²) in [5, 5.41) is 16.6. The number of rotatable bonds is 7. The Kier molecular flexibility index (Phi) is 5.66. The lowest BCUT2D eigenvalue weighted by Crippen LogP contribution is -2.32. The molecule has 118 valence electrons. The fraction of sp³-hybridized carbons (Fsp3) is 0.438. The molecule has 0 fully saturated rings. The van der Waals surface area contributed by atoms with Crippen molar-refractivity contribution in [3.63, 3.8) is 0 Å². The second-order valence-electron chi connectivity index (χ2n) is 5.30. The number of carbonyl (C=O) groups is 1. The van der Waals surface area contributed by atoms with Gasteiger partial charge in [-0.25, -0.2) is 0 Å². The minimum Gasteiger partial charge on any atom is -0.396 e. The summed E-state index contributed by atoms with van der Waals surface area (Å²) in [6.45, 7) is 2.38. The van der Waals surface area contributed by atoms with Crippen molar-refractivity contribution in [2.24, 2.45) is 13.0 Å². The maximum atomic E-state index is 12.2. The molecule has 0 saturated heterocycles. The number of aromatic nitrogens is 3. The molecule has 0 bridgehead atoms. The Morgan fingerprint density at radius 2 is 2.27 bits per heavy atom. The van der Waals surface area contributed by atoms with E-state index < -0.39 is 0 Å². The van der Waals surface area contributed by atoms with E-state index in [1.165, 1.54) is 0 Å². The quantitative estimate of drug-likeness (QED) is 0.798. The Morgan fingerprint density at radius 1 is 1.45 bits per heavy atom. The summed E-state index contributed by atoms with van der Waals surface area (Å²) in [6, 6.07) is 5.69. The van der Waals surface area contributed by atoms with Gasteiger partial charge < -0.3 is 10.4 Å². The third-order valence-corrected chi connectivity index (χ3v) is 3.52. The molecule has 2 aromatic rings. The Hall–Kier alpha value is -2.21. The average Bonchev–Trinajstić information content (AvgIpc) is 2.93. The van der Waals surface area contributed by atoms with Crippen LogP contribution in [-0.4, -0.2) is 38.9 Å². The van der Waals surface area contributed by atoms with Gasteiger partial charge in [0.05, 0.1) is 11.3 Å². The maximum Gasteiger partial charge on any atom is 0.254 e. The van der Waals surface area contributed by atoms with Crippen LogP contribution in [0.2, 0.25) is 0 Å². The van der Waals surface area contributed by atoms with Crippen molar-refractivity contribution >= 4 is 5.91 Å². The molecular weight excluding hydrogens is 280 g/mol. The summed E-state index contributed by atoms with van der Waals surface area (Å²) < 4.78 is 1.64. The maximum absolute atomic E-state index is 12.2. The van der Waals surface area contributed by atoms with Gasteiger partial charge in [-0.1, -0.05) is 13.0 Å². The van der Waals surface area contributed by atoms with Gasteiger partial charge >= 0.3 is 0 Å². The molecule has 1 amide bonds. The van der Waals surface area contributed by atoms with Crippen molar-refractivity contribution in [1.29, 1.82) is 0 Å². The zero-order chi connectivity index (χ0) is 15.9. The normalized spacial score (nSPS) is 12.1. The fourth-order valence-corrected chi connectivity index (χ4v) is 2.33. The van der Waals surface area contributed by atoms with Crippen molar-refractivity contribution in [3.05, 3.63) is 47.5 Å². The number of aryl methyl sites for hydroxylation is 2. The van der Waals surface area contributed by atoms with Crippen molar-refractivity contribution in [3.8, 4) is 0 Å². The number of nitrogens with zero attached hydrogens (tertiary/aromatic N) is 3. The molecule has 0 saturated carbocycles. The van der Waals surface area contributed by atoms with Crippen LogP contribution in [0.25, 0.3) is 0 Å². The Morgan fingerprint density at radius 3 is 2.91 bits per heavy atom. The van der Waals surface area contributed by atoms with Gasteiger partial charge in [-0.15, -0.1) is 0 Å². The molecule has 0 aliphatic rings. The Balaban J connectivity index is 1.93. The minimum atomic E-state index is -0.149. The van der Waals surface area contributed by atoms with Crippen LogP contribution in [0, 0.1) is 5.92 Å². The second kappa shape index (κ2) is 7.70. The van der Waals surface area contributed by atoms with Crippen LogP contribution in [-0.2, 0) is 19.9 Å². The molecule has 2 rings (SSSR count). The monoisotopic (exact) mass is 302 g/mol. The molecule has 0 aromatic carbocycles. The van der Waals surface area contributed by atoms with Crippen molar-refractivity contribution < 1.29 is 9.90 Å². The summed E-state index contributed by atoms with van der Waals surface area (Å²) in [4.78, 5) is 16.5. The van der Waals surface area contributed by atoms with E-state index in [9.17, 15) is 9.90 Å². The summed E-state index contributed by atoms with van der Waals surface area (Å²) in [6.07, 6.45) is 4.79. The van der Waals surface area contributed by atoms with E-state index in [2.05, 4.69) is 15.4 Å². The number of amides is 1. The minimum absolute atomic E-state index is 0.00449. The zero-order valence-electron chi connectivity index (χ0n) is 13.0. The van der Waals surface area contributed by atoms with Gasteiger partial charge in [-0.05, 0) is 25.0 Å². The number of hydrogen-bond acceptors (Lipinski definition) is 4. The smallest absolute Gasteiger partial charge is 0.254 e. The van der Waals surface area contributed by atoms with Crippen molar-refractivity contribution in [1.82, 2.24) is 20.1 Å².